The summed E-state index contributed by atoms with van der Waals surface area (Å²) < 4.78 is 1.87. The third kappa shape index (κ3) is 2.41. The molecule has 0 aromatic carbocycles. The van der Waals surface area contributed by atoms with E-state index in [9.17, 15) is 0 Å². The molecule has 0 atom stereocenters. The Morgan fingerprint density at radius 2 is 1.60 bits per heavy atom. The molecule has 0 radical (unpaired) electrons. The predicted octanol–water partition coefficient (Wildman–Crippen LogP) is 4.22. The maximum Gasteiger partial charge on any atom is 0.181 e. The van der Waals surface area contributed by atoms with Gasteiger partial charge < -0.3 is 0 Å². The molecule has 5 heteroatoms. The minimum absolute atomic E-state index is 0.468. The third-order valence-corrected chi connectivity index (χ3v) is 4.89. The Hall–Kier alpha value is -1.16. The lowest BCUT2D eigenvalue weighted by Gasteiger charge is -2.17. The summed E-state index contributed by atoms with van der Waals surface area (Å²) >= 11 is 6.23. The molecule has 0 N–H and O–H groups in total. The molecule has 1 saturated carbocycles. The van der Waals surface area contributed by atoms with Crippen molar-refractivity contribution in [2.24, 2.45) is 0 Å². The van der Waals surface area contributed by atoms with Crippen LogP contribution in [0.3, 0.4) is 0 Å². The summed E-state index contributed by atoms with van der Waals surface area (Å²) in [5, 5.41) is 13.8. The smallest absolute Gasteiger partial charge is 0.181 e. The molecule has 1 aliphatic rings. The summed E-state index contributed by atoms with van der Waals surface area (Å²) in [6.45, 7) is 4.02. The second kappa shape index (κ2) is 5.68. The van der Waals surface area contributed by atoms with Crippen LogP contribution in [0.1, 0.15) is 67.8 Å². The van der Waals surface area contributed by atoms with Crippen molar-refractivity contribution in [1.82, 2.24) is 19.8 Å². The van der Waals surface area contributed by atoms with Gasteiger partial charge in [0.25, 0.3) is 0 Å². The van der Waals surface area contributed by atoms with Crippen molar-refractivity contribution >= 4 is 17.2 Å². The number of aryl methyl sites for hydroxylation is 1. The molecule has 0 aliphatic heterocycles. The van der Waals surface area contributed by atoms with Crippen molar-refractivity contribution in [1.29, 1.82) is 0 Å². The number of aromatic nitrogens is 4. The summed E-state index contributed by atoms with van der Waals surface area (Å²) in [5.74, 6) is 1.46. The lowest BCUT2D eigenvalue weighted by Crippen LogP contribution is -2.09. The zero-order valence-corrected chi connectivity index (χ0v) is 12.9. The van der Waals surface area contributed by atoms with Crippen molar-refractivity contribution in [3.8, 4) is 0 Å². The summed E-state index contributed by atoms with van der Waals surface area (Å²) in [6, 6.07) is 0. The molecule has 1 aliphatic carbocycles. The van der Waals surface area contributed by atoms with Crippen molar-refractivity contribution in [2.45, 2.75) is 64.7 Å². The van der Waals surface area contributed by atoms with Crippen molar-refractivity contribution < 1.29 is 0 Å². The quantitative estimate of drug-likeness (QED) is 0.790. The van der Waals surface area contributed by atoms with Crippen LogP contribution in [0, 0.1) is 13.8 Å². The molecule has 20 heavy (non-hydrogen) atoms. The van der Waals surface area contributed by atoms with Gasteiger partial charge in [0.2, 0.25) is 0 Å². The summed E-state index contributed by atoms with van der Waals surface area (Å²) in [7, 11) is 0. The maximum absolute atomic E-state index is 6.23. The van der Waals surface area contributed by atoms with Crippen molar-refractivity contribution in [3.63, 3.8) is 0 Å². The zero-order valence-electron chi connectivity index (χ0n) is 12.2. The number of fused-ring (bicyclic) bond motifs is 1. The minimum atomic E-state index is 0.468. The molecule has 1 fully saturated rings. The van der Waals surface area contributed by atoms with Crippen LogP contribution in [0.2, 0.25) is 5.15 Å². The lowest BCUT2D eigenvalue weighted by molar-refractivity contribution is 0.437. The van der Waals surface area contributed by atoms with E-state index in [0.29, 0.717) is 11.1 Å². The monoisotopic (exact) mass is 292 g/mol. The molecular formula is C15H21ClN4. The highest BCUT2D eigenvalue weighted by Crippen LogP contribution is 2.31. The molecule has 0 spiro atoms. The second-order valence-corrected chi connectivity index (χ2v) is 6.23. The number of hydrogen-bond donors (Lipinski definition) is 0. The van der Waals surface area contributed by atoms with Crippen LogP contribution in [0.4, 0.5) is 0 Å². The van der Waals surface area contributed by atoms with Gasteiger partial charge in [-0.25, -0.2) is 0 Å². The maximum atomic E-state index is 6.23. The summed E-state index contributed by atoms with van der Waals surface area (Å²) in [4.78, 5) is 0. The van der Waals surface area contributed by atoms with Crippen LogP contribution in [0.5, 0.6) is 0 Å². The number of halogens is 1. The minimum Gasteiger partial charge on any atom is -0.195 e. The third-order valence-electron chi connectivity index (χ3n) is 4.53. The van der Waals surface area contributed by atoms with E-state index in [4.69, 9.17) is 11.6 Å². The molecule has 108 valence electrons. The van der Waals surface area contributed by atoms with Gasteiger partial charge in [0.05, 0.1) is 0 Å². The zero-order chi connectivity index (χ0) is 14.1. The van der Waals surface area contributed by atoms with Gasteiger partial charge in [0, 0.05) is 11.5 Å². The lowest BCUT2D eigenvalue weighted by atomic mass is 9.91. The Kier molecular flexibility index (Phi) is 3.92. The normalized spacial score (nSPS) is 18.1. The van der Waals surface area contributed by atoms with Gasteiger partial charge >= 0.3 is 0 Å². The van der Waals surface area contributed by atoms with Gasteiger partial charge in [-0.3, -0.25) is 0 Å². The van der Waals surface area contributed by atoms with Crippen LogP contribution < -0.4 is 0 Å². The predicted molar refractivity (Wildman–Crippen MR) is 80.3 cm³/mol. The molecule has 2 aromatic rings. The number of nitrogens with zero attached hydrogens (tertiary/aromatic N) is 4. The summed E-state index contributed by atoms with van der Waals surface area (Å²) in [5.41, 5.74) is 2.93. The van der Waals surface area contributed by atoms with E-state index < -0.39 is 0 Å². The Morgan fingerprint density at radius 1 is 0.950 bits per heavy atom. The molecular weight excluding hydrogens is 272 g/mol. The van der Waals surface area contributed by atoms with Crippen LogP contribution in [-0.2, 0) is 0 Å². The highest BCUT2D eigenvalue weighted by Gasteiger charge is 2.21. The van der Waals surface area contributed by atoms with Gasteiger partial charge in [0.1, 0.15) is 0 Å². The van der Waals surface area contributed by atoms with Gasteiger partial charge in [-0.1, -0.05) is 43.7 Å². The van der Waals surface area contributed by atoms with Gasteiger partial charge in [-0.05, 0) is 32.3 Å². The first-order valence-corrected chi connectivity index (χ1v) is 7.94. The molecule has 4 nitrogen and oxygen atoms in total. The Labute approximate surface area is 124 Å². The molecule has 0 amide bonds. The van der Waals surface area contributed by atoms with Crippen LogP contribution in [-0.4, -0.2) is 19.8 Å². The average molecular weight is 293 g/mol. The van der Waals surface area contributed by atoms with Crippen molar-refractivity contribution in [3.05, 3.63) is 22.1 Å². The molecule has 2 aromatic heterocycles. The van der Waals surface area contributed by atoms with E-state index in [1.54, 1.807) is 0 Å². The molecule has 0 bridgehead atoms. The highest BCUT2D eigenvalue weighted by atomic mass is 35.5. The van der Waals surface area contributed by atoms with E-state index >= 15 is 0 Å². The largest absolute Gasteiger partial charge is 0.195 e. The fourth-order valence-corrected chi connectivity index (χ4v) is 3.30. The Morgan fingerprint density at radius 3 is 2.30 bits per heavy atom. The first kappa shape index (κ1) is 13.8. The molecule has 2 heterocycles. The number of hydrogen-bond acceptors (Lipinski definition) is 3. The fourth-order valence-electron chi connectivity index (χ4n) is 3.08. The SMILES string of the molecule is Cc1c(Cl)nn2c(C3CCCCCCC3)nnc2c1C. The van der Waals surface area contributed by atoms with E-state index in [-0.39, 0.29) is 0 Å². The Balaban J connectivity index is 2.03. The highest BCUT2D eigenvalue weighted by molar-refractivity contribution is 6.30. The van der Waals surface area contributed by atoms with Gasteiger partial charge in [-0.15, -0.1) is 10.2 Å². The topological polar surface area (TPSA) is 43.1 Å². The van der Waals surface area contributed by atoms with E-state index in [0.717, 1.165) is 22.6 Å². The second-order valence-electron chi connectivity index (χ2n) is 5.88. The van der Waals surface area contributed by atoms with Crippen LogP contribution >= 0.6 is 11.6 Å². The van der Waals surface area contributed by atoms with Gasteiger partial charge in [0.15, 0.2) is 16.6 Å². The molecule has 0 unspecified atom stereocenters. The van der Waals surface area contributed by atoms with Crippen LogP contribution in [0.15, 0.2) is 0 Å². The first-order valence-electron chi connectivity index (χ1n) is 7.56. The Bertz CT molecular complexity index is 612. The van der Waals surface area contributed by atoms with Gasteiger partial charge in [-0.2, -0.15) is 9.61 Å². The molecule has 3 rings (SSSR count). The average Bonchev–Trinajstić information content (AvgIpc) is 2.80. The van der Waals surface area contributed by atoms with E-state index in [2.05, 4.69) is 15.3 Å². The van der Waals surface area contributed by atoms with E-state index in [1.165, 1.54) is 44.9 Å². The number of rotatable bonds is 1. The summed E-state index contributed by atoms with van der Waals surface area (Å²) in [6.07, 6.45) is 8.96. The van der Waals surface area contributed by atoms with Crippen molar-refractivity contribution in [2.75, 3.05) is 0 Å². The van der Waals surface area contributed by atoms with Crippen LogP contribution in [0.25, 0.3) is 5.65 Å². The fraction of sp³-hybridized carbons (Fsp3) is 0.667. The first-order chi connectivity index (χ1) is 9.68. The molecule has 0 saturated heterocycles. The van der Waals surface area contributed by atoms with E-state index in [1.807, 2.05) is 18.4 Å². The standard InChI is InChI=1S/C15H21ClN4/c1-10-11(2)14-17-18-15(20(14)19-13(10)16)12-8-6-4-3-5-7-9-12/h12H,3-9H2,1-2H3.